The summed E-state index contributed by atoms with van der Waals surface area (Å²) in [5.41, 5.74) is 0. The molecule has 17 heavy (non-hydrogen) atoms. The van der Waals surface area contributed by atoms with Crippen LogP contribution in [-0.4, -0.2) is 35.7 Å². The highest BCUT2D eigenvalue weighted by molar-refractivity contribution is 5.82. The molecule has 0 aromatic carbocycles. The third-order valence-electron chi connectivity index (χ3n) is 3.93. The maximum atomic E-state index is 12.1. The predicted octanol–water partition coefficient (Wildman–Crippen LogP) is 0.938. The second-order valence-corrected chi connectivity index (χ2v) is 5.32. The summed E-state index contributed by atoms with van der Waals surface area (Å²) in [5, 5.41) is 16.1. The number of nitrogens with one attached hydrogen (secondary N) is 2. The second kappa shape index (κ2) is 6.36. The number of hydrogen-bond donors (Lipinski definition) is 3. The van der Waals surface area contributed by atoms with E-state index in [1.807, 2.05) is 0 Å². The number of amides is 1. The Morgan fingerprint density at radius 1 is 1.06 bits per heavy atom. The first kappa shape index (κ1) is 12.8. The van der Waals surface area contributed by atoms with Gasteiger partial charge in [-0.05, 0) is 32.2 Å². The molecule has 2 fully saturated rings. The molecule has 4 nitrogen and oxygen atoms in total. The molecular weight excluding hydrogens is 216 g/mol. The van der Waals surface area contributed by atoms with Crippen molar-refractivity contribution in [1.82, 2.24) is 10.6 Å². The van der Waals surface area contributed by atoms with Gasteiger partial charge in [0, 0.05) is 0 Å². The summed E-state index contributed by atoms with van der Waals surface area (Å²) >= 11 is 0. The summed E-state index contributed by atoms with van der Waals surface area (Å²) in [6.45, 7) is 0.936. The van der Waals surface area contributed by atoms with Crippen LogP contribution < -0.4 is 10.6 Å². The Morgan fingerprint density at radius 3 is 2.65 bits per heavy atom. The molecule has 0 spiro atoms. The van der Waals surface area contributed by atoms with Crippen LogP contribution in [0.3, 0.4) is 0 Å². The molecule has 1 heterocycles. The minimum Gasteiger partial charge on any atom is -0.391 e. The van der Waals surface area contributed by atoms with Gasteiger partial charge in [-0.25, -0.2) is 0 Å². The summed E-state index contributed by atoms with van der Waals surface area (Å²) in [6.07, 6.45) is 8.00. The molecule has 0 aromatic heterocycles. The van der Waals surface area contributed by atoms with Gasteiger partial charge < -0.3 is 15.7 Å². The Hall–Kier alpha value is -0.610. The van der Waals surface area contributed by atoms with Crippen LogP contribution in [0.1, 0.15) is 51.4 Å². The van der Waals surface area contributed by atoms with E-state index < -0.39 is 0 Å². The van der Waals surface area contributed by atoms with E-state index in [0.29, 0.717) is 0 Å². The van der Waals surface area contributed by atoms with Crippen molar-refractivity contribution in [2.24, 2.45) is 0 Å². The van der Waals surface area contributed by atoms with Gasteiger partial charge in [0.25, 0.3) is 0 Å². The molecule has 1 aliphatic heterocycles. The average molecular weight is 240 g/mol. The van der Waals surface area contributed by atoms with Crippen molar-refractivity contribution >= 4 is 5.91 Å². The quantitative estimate of drug-likeness (QED) is 0.673. The zero-order valence-electron chi connectivity index (χ0n) is 10.5. The number of carbonyl (C=O) groups is 1. The van der Waals surface area contributed by atoms with Crippen molar-refractivity contribution in [1.29, 1.82) is 0 Å². The summed E-state index contributed by atoms with van der Waals surface area (Å²) in [6, 6.07) is -0.0760. The molecule has 0 aromatic rings. The van der Waals surface area contributed by atoms with Gasteiger partial charge in [-0.3, -0.25) is 4.79 Å². The van der Waals surface area contributed by atoms with Gasteiger partial charge >= 0.3 is 0 Å². The number of aliphatic hydroxyl groups is 1. The van der Waals surface area contributed by atoms with E-state index in [-0.39, 0.29) is 24.1 Å². The zero-order valence-corrected chi connectivity index (χ0v) is 10.5. The van der Waals surface area contributed by atoms with Crippen molar-refractivity contribution < 1.29 is 9.90 Å². The van der Waals surface area contributed by atoms with E-state index in [4.69, 9.17) is 0 Å². The molecule has 1 amide bonds. The first-order valence-corrected chi connectivity index (χ1v) is 6.99. The van der Waals surface area contributed by atoms with E-state index in [9.17, 15) is 9.90 Å². The molecule has 1 saturated heterocycles. The number of hydrogen-bond acceptors (Lipinski definition) is 3. The lowest BCUT2D eigenvalue weighted by molar-refractivity contribution is -0.125. The lowest BCUT2D eigenvalue weighted by Gasteiger charge is -2.29. The van der Waals surface area contributed by atoms with Crippen molar-refractivity contribution in [3.05, 3.63) is 0 Å². The van der Waals surface area contributed by atoms with E-state index >= 15 is 0 Å². The van der Waals surface area contributed by atoms with Crippen LogP contribution >= 0.6 is 0 Å². The fraction of sp³-hybridized carbons (Fsp3) is 0.923. The van der Waals surface area contributed by atoms with Gasteiger partial charge in [0.1, 0.15) is 0 Å². The third kappa shape index (κ3) is 3.68. The van der Waals surface area contributed by atoms with Crippen molar-refractivity contribution in [2.75, 3.05) is 6.54 Å². The van der Waals surface area contributed by atoms with Crippen molar-refractivity contribution in [2.45, 2.75) is 69.6 Å². The van der Waals surface area contributed by atoms with E-state index in [1.54, 1.807) is 0 Å². The van der Waals surface area contributed by atoms with Crippen LogP contribution in [0.4, 0.5) is 0 Å². The molecule has 4 heteroatoms. The van der Waals surface area contributed by atoms with Crippen LogP contribution in [0, 0.1) is 0 Å². The zero-order chi connectivity index (χ0) is 12.1. The monoisotopic (exact) mass is 240 g/mol. The molecule has 1 saturated carbocycles. The molecule has 2 aliphatic rings. The Labute approximate surface area is 103 Å². The van der Waals surface area contributed by atoms with Crippen LogP contribution in [0.2, 0.25) is 0 Å². The van der Waals surface area contributed by atoms with E-state index in [0.717, 1.165) is 51.5 Å². The Morgan fingerprint density at radius 2 is 1.82 bits per heavy atom. The number of aliphatic hydroxyl groups excluding tert-OH is 1. The van der Waals surface area contributed by atoms with Gasteiger partial charge in [-0.15, -0.1) is 0 Å². The Balaban J connectivity index is 1.82. The maximum absolute atomic E-state index is 12.1. The van der Waals surface area contributed by atoms with Crippen LogP contribution in [-0.2, 0) is 4.79 Å². The normalized spacial score (nSPS) is 35.0. The topological polar surface area (TPSA) is 61.4 Å². The molecule has 98 valence electrons. The standard InChI is InChI=1S/C13H24N2O2/c16-12-8-4-3-6-10(12)15-13(17)11-7-2-1-5-9-14-11/h10-12,14,16H,1-9H2,(H,15,17)/t10-,11?,12-/m0/s1. The van der Waals surface area contributed by atoms with Gasteiger partial charge in [0.15, 0.2) is 0 Å². The highest BCUT2D eigenvalue weighted by Crippen LogP contribution is 2.18. The van der Waals surface area contributed by atoms with Gasteiger partial charge in [-0.1, -0.05) is 25.7 Å². The fourth-order valence-electron chi connectivity index (χ4n) is 2.82. The largest absolute Gasteiger partial charge is 0.391 e. The lowest BCUT2D eigenvalue weighted by atomic mass is 9.92. The van der Waals surface area contributed by atoms with E-state index in [2.05, 4.69) is 10.6 Å². The van der Waals surface area contributed by atoms with Crippen LogP contribution in [0.5, 0.6) is 0 Å². The minimum atomic E-state index is -0.349. The lowest BCUT2D eigenvalue weighted by Crippen LogP contribution is -2.51. The van der Waals surface area contributed by atoms with Crippen LogP contribution in [0.25, 0.3) is 0 Å². The highest BCUT2D eigenvalue weighted by atomic mass is 16.3. The maximum Gasteiger partial charge on any atom is 0.237 e. The number of carbonyl (C=O) groups excluding carboxylic acids is 1. The number of rotatable bonds is 2. The van der Waals surface area contributed by atoms with Crippen LogP contribution in [0.15, 0.2) is 0 Å². The minimum absolute atomic E-state index is 0.0266. The SMILES string of the molecule is O=C(N[C@H]1CCCC[C@@H]1O)C1CCCCCN1. The summed E-state index contributed by atoms with van der Waals surface area (Å²) in [7, 11) is 0. The molecule has 1 aliphatic carbocycles. The molecule has 0 bridgehead atoms. The Kier molecular flexibility index (Phi) is 4.80. The average Bonchev–Trinajstić information content (AvgIpc) is 2.61. The fourth-order valence-corrected chi connectivity index (χ4v) is 2.82. The second-order valence-electron chi connectivity index (χ2n) is 5.32. The summed E-state index contributed by atoms with van der Waals surface area (Å²) in [5.74, 6) is 0.0813. The first-order valence-electron chi connectivity index (χ1n) is 6.99. The summed E-state index contributed by atoms with van der Waals surface area (Å²) in [4.78, 5) is 12.1. The molecule has 0 radical (unpaired) electrons. The third-order valence-corrected chi connectivity index (χ3v) is 3.93. The molecule has 2 rings (SSSR count). The smallest absolute Gasteiger partial charge is 0.237 e. The highest BCUT2D eigenvalue weighted by Gasteiger charge is 2.27. The Bertz CT molecular complexity index is 250. The molecule has 3 N–H and O–H groups in total. The van der Waals surface area contributed by atoms with Gasteiger partial charge in [0.2, 0.25) is 5.91 Å². The van der Waals surface area contributed by atoms with Gasteiger partial charge in [0.05, 0.1) is 18.2 Å². The first-order chi connectivity index (χ1) is 8.27. The van der Waals surface area contributed by atoms with Crippen molar-refractivity contribution in [3.63, 3.8) is 0 Å². The molecule has 1 unspecified atom stereocenters. The predicted molar refractivity (Wildman–Crippen MR) is 66.7 cm³/mol. The molecule has 3 atom stereocenters. The molecular formula is C13H24N2O2. The summed E-state index contributed by atoms with van der Waals surface area (Å²) < 4.78 is 0. The van der Waals surface area contributed by atoms with E-state index in [1.165, 1.54) is 6.42 Å². The van der Waals surface area contributed by atoms with Crippen molar-refractivity contribution in [3.8, 4) is 0 Å². The van der Waals surface area contributed by atoms with Gasteiger partial charge in [-0.2, -0.15) is 0 Å².